The van der Waals surface area contributed by atoms with Gasteiger partial charge in [0.15, 0.2) is 0 Å². The minimum absolute atomic E-state index is 0.299. The lowest BCUT2D eigenvalue weighted by molar-refractivity contribution is 0.102. The van der Waals surface area contributed by atoms with Crippen LogP contribution in [0.3, 0.4) is 0 Å². The van der Waals surface area contributed by atoms with Crippen LogP contribution in [-0.2, 0) is 0 Å². The number of carbonyl (C=O) groups excluding carboxylic acids is 1. The summed E-state index contributed by atoms with van der Waals surface area (Å²) in [6, 6.07) is 11.8. The van der Waals surface area contributed by atoms with Gasteiger partial charge in [-0.25, -0.2) is 4.39 Å². The molecule has 0 atom stereocenters. The van der Waals surface area contributed by atoms with Gasteiger partial charge < -0.3 is 15.1 Å². The third kappa shape index (κ3) is 4.17. The molecule has 2 aromatic carbocycles. The average molecular weight is 341 g/mol. The predicted octanol–water partition coefficient (Wildman–Crippen LogP) is 3.53. The zero-order valence-electron chi connectivity index (χ0n) is 14.8. The maximum absolute atomic E-state index is 13.3. The third-order valence-corrected chi connectivity index (χ3v) is 4.73. The van der Waals surface area contributed by atoms with Crippen LogP contribution in [0.2, 0.25) is 0 Å². The van der Waals surface area contributed by atoms with Gasteiger partial charge in [0.05, 0.1) is 0 Å². The van der Waals surface area contributed by atoms with Gasteiger partial charge in [-0.05, 0) is 55.4 Å². The number of hydrogen-bond donors (Lipinski definition) is 1. The highest BCUT2D eigenvalue weighted by atomic mass is 19.1. The Morgan fingerprint density at radius 2 is 1.88 bits per heavy atom. The molecule has 0 aromatic heterocycles. The molecule has 25 heavy (non-hydrogen) atoms. The van der Waals surface area contributed by atoms with Crippen molar-refractivity contribution in [1.82, 2.24) is 4.90 Å². The highest BCUT2D eigenvalue weighted by Crippen LogP contribution is 2.24. The van der Waals surface area contributed by atoms with E-state index >= 15 is 0 Å². The van der Waals surface area contributed by atoms with E-state index in [1.165, 1.54) is 23.9 Å². The lowest BCUT2D eigenvalue weighted by Crippen LogP contribution is -2.46. The van der Waals surface area contributed by atoms with Crippen LogP contribution in [-0.4, -0.2) is 43.5 Å². The molecular formula is C20H24FN3O. The van der Waals surface area contributed by atoms with Crippen molar-refractivity contribution in [1.29, 1.82) is 0 Å². The Labute approximate surface area is 148 Å². The van der Waals surface area contributed by atoms with Crippen LogP contribution >= 0.6 is 0 Å². The summed E-state index contributed by atoms with van der Waals surface area (Å²) in [7, 11) is 0. The largest absolute Gasteiger partial charge is 0.369 e. The summed E-state index contributed by atoms with van der Waals surface area (Å²) in [5, 5.41) is 2.87. The average Bonchev–Trinajstić information content (AvgIpc) is 2.63. The number of hydrogen-bond acceptors (Lipinski definition) is 3. The fraction of sp³-hybridized carbons (Fsp3) is 0.350. The molecule has 132 valence electrons. The van der Waals surface area contributed by atoms with Crippen LogP contribution in [0.4, 0.5) is 15.8 Å². The minimum atomic E-state index is -0.411. The SMILES string of the molecule is CCN1CCN(c2ccc(NC(=O)c3cccc(F)c3)c(C)c2)CC1. The Bertz CT molecular complexity index is 754. The standard InChI is InChI=1S/C20H24FN3O/c1-3-23-9-11-24(12-10-23)18-7-8-19(15(2)13-18)22-20(25)16-5-4-6-17(21)14-16/h4-8,13-14H,3,9-12H2,1-2H3,(H,22,25). The second-order valence-corrected chi connectivity index (χ2v) is 6.39. The van der Waals surface area contributed by atoms with Gasteiger partial charge in [-0.15, -0.1) is 0 Å². The molecule has 0 radical (unpaired) electrons. The molecule has 0 saturated carbocycles. The van der Waals surface area contributed by atoms with Crippen molar-refractivity contribution in [2.75, 3.05) is 42.9 Å². The van der Waals surface area contributed by atoms with Gasteiger partial charge in [-0.1, -0.05) is 13.0 Å². The zero-order valence-corrected chi connectivity index (χ0v) is 14.8. The second-order valence-electron chi connectivity index (χ2n) is 6.39. The number of amides is 1. The van der Waals surface area contributed by atoms with Crippen molar-refractivity contribution in [3.05, 3.63) is 59.4 Å². The Morgan fingerprint density at radius 1 is 1.12 bits per heavy atom. The highest BCUT2D eigenvalue weighted by molar-refractivity contribution is 6.04. The van der Waals surface area contributed by atoms with Gasteiger partial charge in [-0.2, -0.15) is 0 Å². The summed E-state index contributed by atoms with van der Waals surface area (Å²) >= 11 is 0. The summed E-state index contributed by atoms with van der Waals surface area (Å²) in [5.41, 5.74) is 3.25. The normalized spacial score (nSPS) is 15.2. The van der Waals surface area contributed by atoms with Crippen molar-refractivity contribution in [3.63, 3.8) is 0 Å². The number of likely N-dealkylation sites (N-methyl/N-ethyl adjacent to an activating group) is 1. The molecule has 1 fully saturated rings. The van der Waals surface area contributed by atoms with E-state index in [0.717, 1.165) is 44.0 Å². The Morgan fingerprint density at radius 3 is 2.52 bits per heavy atom. The summed E-state index contributed by atoms with van der Waals surface area (Å²) in [4.78, 5) is 17.1. The van der Waals surface area contributed by atoms with E-state index in [1.807, 2.05) is 19.1 Å². The lowest BCUT2D eigenvalue weighted by Gasteiger charge is -2.35. The van der Waals surface area contributed by atoms with E-state index in [9.17, 15) is 9.18 Å². The quantitative estimate of drug-likeness (QED) is 0.924. The molecule has 0 spiro atoms. The fourth-order valence-corrected chi connectivity index (χ4v) is 3.13. The smallest absolute Gasteiger partial charge is 0.255 e. The molecule has 1 amide bonds. The van der Waals surface area contributed by atoms with Gasteiger partial charge in [-0.3, -0.25) is 4.79 Å². The first-order valence-corrected chi connectivity index (χ1v) is 8.71. The summed E-state index contributed by atoms with van der Waals surface area (Å²) in [5.74, 6) is -0.710. The number of aryl methyl sites for hydroxylation is 1. The van der Waals surface area contributed by atoms with Gasteiger partial charge in [0.1, 0.15) is 5.82 Å². The zero-order chi connectivity index (χ0) is 17.8. The van der Waals surface area contributed by atoms with Crippen molar-refractivity contribution < 1.29 is 9.18 Å². The number of piperazine rings is 1. The molecule has 2 aromatic rings. The fourth-order valence-electron chi connectivity index (χ4n) is 3.13. The van der Waals surface area contributed by atoms with E-state index < -0.39 is 5.82 Å². The van der Waals surface area contributed by atoms with Crippen molar-refractivity contribution in [3.8, 4) is 0 Å². The van der Waals surface area contributed by atoms with Gasteiger partial charge in [0.2, 0.25) is 0 Å². The molecular weight excluding hydrogens is 317 g/mol. The number of carbonyl (C=O) groups is 1. The Hall–Kier alpha value is -2.40. The molecule has 1 aliphatic heterocycles. The van der Waals surface area contributed by atoms with Gasteiger partial charge in [0, 0.05) is 43.1 Å². The first-order chi connectivity index (χ1) is 12.1. The molecule has 3 rings (SSSR count). The van der Waals surface area contributed by atoms with Crippen LogP contribution in [0, 0.1) is 12.7 Å². The molecule has 1 N–H and O–H groups in total. The molecule has 4 nitrogen and oxygen atoms in total. The maximum atomic E-state index is 13.3. The topological polar surface area (TPSA) is 35.6 Å². The van der Waals surface area contributed by atoms with E-state index in [2.05, 4.69) is 28.1 Å². The number of rotatable bonds is 4. The number of anilines is 2. The first-order valence-electron chi connectivity index (χ1n) is 8.71. The minimum Gasteiger partial charge on any atom is -0.369 e. The Kier molecular flexibility index (Phi) is 5.34. The molecule has 1 heterocycles. The van der Waals surface area contributed by atoms with Crippen molar-refractivity contribution in [2.45, 2.75) is 13.8 Å². The lowest BCUT2D eigenvalue weighted by atomic mass is 10.1. The van der Waals surface area contributed by atoms with E-state index in [4.69, 9.17) is 0 Å². The van der Waals surface area contributed by atoms with Crippen LogP contribution < -0.4 is 10.2 Å². The molecule has 1 aliphatic rings. The maximum Gasteiger partial charge on any atom is 0.255 e. The number of benzene rings is 2. The van der Waals surface area contributed by atoms with Crippen LogP contribution in [0.25, 0.3) is 0 Å². The highest BCUT2D eigenvalue weighted by Gasteiger charge is 2.16. The van der Waals surface area contributed by atoms with Crippen LogP contribution in [0.15, 0.2) is 42.5 Å². The monoisotopic (exact) mass is 341 g/mol. The first kappa shape index (κ1) is 17.4. The van der Waals surface area contributed by atoms with E-state index in [-0.39, 0.29) is 5.91 Å². The molecule has 0 aliphatic carbocycles. The van der Waals surface area contributed by atoms with Crippen molar-refractivity contribution in [2.24, 2.45) is 0 Å². The summed E-state index contributed by atoms with van der Waals surface area (Å²) in [6.07, 6.45) is 0. The number of nitrogens with zero attached hydrogens (tertiary/aromatic N) is 2. The Balaban J connectivity index is 1.69. The van der Waals surface area contributed by atoms with Gasteiger partial charge >= 0.3 is 0 Å². The molecule has 0 unspecified atom stereocenters. The van der Waals surface area contributed by atoms with Crippen LogP contribution in [0.5, 0.6) is 0 Å². The summed E-state index contributed by atoms with van der Waals surface area (Å²) in [6.45, 7) is 9.45. The summed E-state index contributed by atoms with van der Waals surface area (Å²) < 4.78 is 13.3. The van der Waals surface area contributed by atoms with Crippen LogP contribution in [0.1, 0.15) is 22.8 Å². The van der Waals surface area contributed by atoms with E-state index in [0.29, 0.717) is 5.56 Å². The number of nitrogens with one attached hydrogen (secondary N) is 1. The molecule has 5 heteroatoms. The van der Waals surface area contributed by atoms with Crippen molar-refractivity contribution >= 4 is 17.3 Å². The predicted molar refractivity (Wildman–Crippen MR) is 99.9 cm³/mol. The third-order valence-electron chi connectivity index (χ3n) is 4.73. The number of halogens is 1. The van der Waals surface area contributed by atoms with Gasteiger partial charge in [0.25, 0.3) is 5.91 Å². The molecule has 1 saturated heterocycles. The van der Waals surface area contributed by atoms with E-state index in [1.54, 1.807) is 6.07 Å². The molecule has 0 bridgehead atoms. The second kappa shape index (κ2) is 7.66.